The molecule has 2 saturated carbocycles. The standard InChI is InChI=1S/C27H40F2N2O2S.H2/c1-3-22-15-23-24(34-22)6-11-33-26(23)9-10-31(18(2)16-26)17-20-12-21(13-20)30-25(32)14-19-4-7-27(28,29)8-5-19;/h15,18-21H,3-14,16-17H2,1-2H3,(H,30,32);1H/t18-,20?,21?,26+;/m0./s1. The third-order valence-corrected chi connectivity index (χ3v) is 10.2. The molecule has 0 aromatic carbocycles. The molecule has 0 radical (unpaired) electrons. The Morgan fingerprint density at radius 3 is 2.74 bits per heavy atom. The first-order valence-corrected chi connectivity index (χ1v) is 14.2. The lowest BCUT2D eigenvalue weighted by Gasteiger charge is -2.49. The van der Waals surface area contributed by atoms with E-state index in [0.29, 0.717) is 31.2 Å². The number of likely N-dealkylation sites (tertiary alicyclic amines) is 1. The highest BCUT2D eigenvalue weighted by molar-refractivity contribution is 7.12. The molecule has 1 aromatic heterocycles. The summed E-state index contributed by atoms with van der Waals surface area (Å²) >= 11 is 1.98. The predicted octanol–water partition coefficient (Wildman–Crippen LogP) is 5.92. The Bertz CT molecular complexity index is 881. The van der Waals surface area contributed by atoms with E-state index in [1.807, 2.05) is 11.3 Å². The molecule has 1 saturated heterocycles. The third kappa shape index (κ3) is 5.22. The van der Waals surface area contributed by atoms with Gasteiger partial charge in [0.2, 0.25) is 11.8 Å². The number of hydrogen-bond acceptors (Lipinski definition) is 4. The normalized spacial score (nSPS) is 33.9. The van der Waals surface area contributed by atoms with Crippen molar-refractivity contribution in [3.8, 4) is 0 Å². The van der Waals surface area contributed by atoms with E-state index in [2.05, 4.69) is 30.1 Å². The van der Waals surface area contributed by atoms with E-state index in [1.165, 1.54) is 10.4 Å². The molecule has 2 aliphatic heterocycles. The molecule has 2 aliphatic carbocycles. The Balaban J connectivity index is 0.00000289. The van der Waals surface area contributed by atoms with Crippen molar-refractivity contribution in [2.45, 2.75) is 108 Å². The number of rotatable bonds is 6. The van der Waals surface area contributed by atoms with E-state index >= 15 is 0 Å². The molecule has 34 heavy (non-hydrogen) atoms. The maximum absolute atomic E-state index is 13.3. The lowest BCUT2D eigenvalue weighted by atomic mass is 9.76. The second-order valence-electron chi connectivity index (χ2n) is 11.4. The van der Waals surface area contributed by atoms with Crippen LogP contribution >= 0.6 is 11.3 Å². The molecule has 4 aliphatic rings. The minimum atomic E-state index is -2.52. The lowest BCUT2D eigenvalue weighted by molar-refractivity contribution is -0.125. The molecule has 4 nitrogen and oxygen atoms in total. The molecule has 192 valence electrons. The lowest BCUT2D eigenvalue weighted by Crippen LogP contribution is -2.54. The van der Waals surface area contributed by atoms with Crippen LogP contribution in [0, 0.1) is 11.8 Å². The van der Waals surface area contributed by atoms with Gasteiger partial charge in [-0.25, -0.2) is 8.78 Å². The van der Waals surface area contributed by atoms with Crippen LogP contribution in [0.4, 0.5) is 8.78 Å². The first kappa shape index (κ1) is 24.6. The zero-order valence-corrected chi connectivity index (χ0v) is 21.5. The fourth-order valence-corrected chi connectivity index (χ4v) is 7.91. The Kier molecular flexibility index (Phi) is 7.08. The SMILES string of the molecule is CCc1cc2c(s1)CCO[C@@]21CCN(CC2CC(NC(=O)CC3CCC(F)(F)CC3)C2)[C@@H](C)C1.[HH]. The number of nitrogens with zero attached hydrogens (tertiary/aromatic N) is 1. The minimum Gasteiger partial charge on any atom is -0.370 e. The molecular formula is C27H42F2N2O2S. The summed E-state index contributed by atoms with van der Waals surface area (Å²) in [6, 6.07) is 3.17. The van der Waals surface area contributed by atoms with Gasteiger partial charge in [0.05, 0.1) is 12.2 Å². The van der Waals surface area contributed by atoms with E-state index in [9.17, 15) is 13.6 Å². The van der Waals surface area contributed by atoms with Crippen molar-refractivity contribution >= 4 is 17.2 Å². The van der Waals surface area contributed by atoms with Crippen molar-refractivity contribution in [2.24, 2.45) is 11.8 Å². The average Bonchev–Trinajstić information content (AvgIpc) is 3.21. The summed E-state index contributed by atoms with van der Waals surface area (Å²) in [6.45, 7) is 7.59. The van der Waals surface area contributed by atoms with Crippen LogP contribution in [0.2, 0.25) is 0 Å². The predicted molar refractivity (Wildman–Crippen MR) is 134 cm³/mol. The van der Waals surface area contributed by atoms with Gasteiger partial charge in [0.1, 0.15) is 0 Å². The number of piperidine rings is 1. The number of fused-ring (bicyclic) bond motifs is 2. The highest BCUT2D eigenvalue weighted by Crippen LogP contribution is 2.46. The smallest absolute Gasteiger partial charge is 0.248 e. The monoisotopic (exact) mass is 496 g/mol. The van der Waals surface area contributed by atoms with Gasteiger partial charge in [0.25, 0.3) is 0 Å². The molecule has 1 spiro atoms. The van der Waals surface area contributed by atoms with Crippen LogP contribution in [-0.4, -0.2) is 48.5 Å². The molecule has 0 unspecified atom stereocenters. The van der Waals surface area contributed by atoms with Crippen LogP contribution < -0.4 is 5.32 Å². The molecule has 5 rings (SSSR count). The fourth-order valence-electron chi connectivity index (χ4n) is 6.73. The Morgan fingerprint density at radius 2 is 2.03 bits per heavy atom. The van der Waals surface area contributed by atoms with E-state index < -0.39 is 5.92 Å². The number of aryl methyl sites for hydroxylation is 1. The number of thiophene rings is 1. The highest BCUT2D eigenvalue weighted by Gasteiger charge is 2.45. The van der Waals surface area contributed by atoms with Gasteiger partial charge < -0.3 is 15.0 Å². The summed E-state index contributed by atoms with van der Waals surface area (Å²) in [5.41, 5.74) is 1.38. The van der Waals surface area contributed by atoms with Crippen LogP contribution in [0.15, 0.2) is 6.07 Å². The molecule has 3 heterocycles. The van der Waals surface area contributed by atoms with Gasteiger partial charge in [-0.1, -0.05) is 6.92 Å². The van der Waals surface area contributed by atoms with Crippen molar-refractivity contribution in [3.05, 3.63) is 21.4 Å². The van der Waals surface area contributed by atoms with E-state index in [4.69, 9.17) is 4.74 Å². The van der Waals surface area contributed by atoms with Crippen molar-refractivity contribution in [3.63, 3.8) is 0 Å². The van der Waals surface area contributed by atoms with Crippen molar-refractivity contribution < 1.29 is 19.7 Å². The quantitative estimate of drug-likeness (QED) is 0.532. The van der Waals surface area contributed by atoms with Gasteiger partial charge in [-0.15, -0.1) is 11.3 Å². The fraction of sp³-hybridized carbons (Fsp3) is 0.815. The van der Waals surface area contributed by atoms with E-state index in [0.717, 1.165) is 58.2 Å². The average molecular weight is 497 g/mol. The number of carbonyl (C=O) groups excluding carboxylic acids is 1. The molecular weight excluding hydrogens is 454 g/mol. The highest BCUT2D eigenvalue weighted by atomic mass is 32.1. The Labute approximate surface area is 208 Å². The summed E-state index contributed by atoms with van der Waals surface area (Å²) < 4.78 is 33.1. The molecule has 1 aromatic rings. The second kappa shape index (κ2) is 9.78. The van der Waals surface area contributed by atoms with Gasteiger partial charge in [0, 0.05) is 62.0 Å². The van der Waals surface area contributed by atoms with Gasteiger partial charge in [-0.05, 0) is 75.3 Å². The van der Waals surface area contributed by atoms with Crippen LogP contribution in [0.3, 0.4) is 0 Å². The molecule has 3 fully saturated rings. The number of alkyl halides is 2. The minimum absolute atomic E-state index is 0. The second-order valence-corrected chi connectivity index (χ2v) is 12.6. The number of hydrogen-bond donors (Lipinski definition) is 1. The summed E-state index contributed by atoms with van der Waals surface area (Å²) in [5, 5.41) is 3.16. The summed E-state index contributed by atoms with van der Waals surface area (Å²) in [5.74, 6) is -1.71. The largest absolute Gasteiger partial charge is 0.370 e. The molecule has 2 atom stereocenters. The molecule has 7 heteroatoms. The first-order chi connectivity index (χ1) is 16.2. The van der Waals surface area contributed by atoms with Crippen LogP contribution in [0.25, 0.3) is 0 Å². The molecule has 1 N–H and O–H groups in total. The number of nitrogens with one attached hydrogen (secondary N) is 1. The Morgan fingerprint density at radius 1 is 1.26 bits per heavy atom. The van der Waals surface area contributed by atoms with Gasteiger partial charge >= 0.3 is 0 Å². The van der Waals surface area contributed by atoms with Gasteiger partial charge in [-0.2, -0.15) is 0 Å². The van der Waals surface area contributed by atoms with Crippen molar-refractivity contribution in [1.29, 1.82) is 0 Å². The van der Waals surface area contributed by atoms with E-state index in [1.54, 1.807) is 4.88 Å². The topological polar surface area (TPSA) is 41.6 Å². The first-order valence-electron chi connectivity index (χ1n) is 13.4. The van der Waals surface area contributed by atoms with Gasteiger partial charge in [0.15, 0.2) is 0 Å². The maximum atomic E-state index is 13.3. The third-order valence-electron chi connectivity index (χ3n) is 8.86. The zero-order chi connectivity index (χ0) is 23.9. The summed E-state index contributed by atoms with van der Waals surface area (Å²) in [6.07, 6.45) is 7.58. The number of carbonyl (C=O) groups is 1. The summed E-state index contributed by atoms with van der Waals surface area (Å²) in [7, 11) is 0. The number of halogens is 2. The zero-order valence-electron chi connectivity index (χ0n) is 20.7. The van der Waals surface area contributed by atoms with Crippen molar-refractivity contribution in [2.75, 3.05) is 19.7 Å². The van der Waals surface area contributed by atoms with Crippen LogP contribution in [-0.2, 0) is 28.0 Å². The van der Waals surface area contributed by atoms with Crippen LogP contribution in [0.1, 0.15) is 88.4 Å². The van der Waals surface area contributed by atoms with Crippen molar-refractivity contribution in [1.82, 2.24) is 10.2 Å². The number of amides is 1. The molecule has 1 amide bonds. The number of ether oxygens (including phenoxy) is 1. The van der Waals surface area contributed by atoms with Gasteiger partial charge in [-0.3, -0.25) is 4.79 Å². The van der Waals surface area contributed by atoms with E-state index in [-0.39, 0.29) is 37.7 Å². The maximum Gasteiger partial charge on any atom is 0.248 e. The Hall–Kier alpha value is -1.05. The molecule has 0 bridgehead atoms. The van der Waals surface area contributed by atoms with Crippen LogP contribution in [0.5, 0.6) is 0 Å². The summed E-state index contributed by atoms with van der Waals surface area (Å²) in [4.78, 5) is 18.0.